The van der Waals surface area contributed by atoms with Gasteiger partial charge in [-0.25, -0.2) is 0 Å². The minimum atomic E-state index is -1.88. The maximum Gasteiger partial charge on any atom is 0.191 e. The van der Waals surface area contributed by atoms with E-state index in [1.54, 1.807) is 14.2 Å². The van der Waals surface area contributed by atoms with E-state index in [0.29, 0.717) is 0 Å². The first-order chi connectivity index (χ1) is 12.0. The highest BCUT2D eigenvalue weighted by atomic mass is 28.4. The third-order valence-electron chi connectivity index (χ3n) is 4.74. The Morgan fingerprint density at radius 1 is 0.769 bits per heavy atom. The average Bonchev–Trinajstić information content (AvgIpc) is 2.54. The summed E-state index contributed by atoms with van der Waals surface area (Å²) < 4.78 is 25.3. The molecule has 6 heteroatoms. The molecule has 0 saturated heterocycles. The molecule has 1 fully saturated rings. The van der Waals surface area contributed by atoms with E-state index in [1.165, 1.54) is 0 Å². The SMILES string of the molecule is COc1ccc(C2(O[Si](C)(C)C)CCCCC2(OC)O[Si](C)(C)C)cc1. The molecule has 0 amide bonds. The first-order valence-corrected chi connectivity index (χ1v) is 16.4. The van der Waals surface area contributed by atoms with Crippen molar-refractivity contribution in [3.8, 4) is 5.75 Å². The van der Waals surface area contributed by atoms with E-state index in [9.17, 15) is 0 Å². The van der Waals surface area contributed by atoms with Crippen molar-refractivity contribution in [2.75, 3.05) is 14.2 Å². The van der Waals surface area contributed by atoms with E-state index in [1.807, 2.05) is 12.1 Å². The summed E-state index contributed by atoms with van der Waals surface area (Å²) in [6.07, 6.45) is 3.95. The fourth-order valence-corrected chi connectivity index (χ4v) is 6.76. The Morgan fingerprint density at radius 3 is 1.77 bits per heavy atom. The largest absolute Gasteiger partial charge is 0.497 e. The van der Waals surface area contributed by atoms with E-state index in [2.05, 4.69) is 51.4 Å². The molecule has 2 unspecified atom stereocenters. The second-order valence-electron chi connectivity index (χ2n) is 9.15. The molecule has 2 rings (SSSR count). The summed E-state index contributed by atoms with van der Waals surface area (Å²) >= 11 is 0. The quantitative estimate of drug-likeness (QED) is 0.450. The van der Waals surface area contributed by atoms with Gasteiger partial charge in [-0.2, -0.15) is 0 Å². The molecule has 4 nitrogen and oxygen atoms in total. The normalized spacial score (nSPS) is 27.4. The van der Waals surface area contributed by atoms with Crippen molar-refractivity contribution in [2.45, 2.75) is 76.4 Å². The van der Waals surface area contributed by atoms with Gasteiger partial charge in [0.05, 0.1) is 7.11 Å². The Bertz CT molecular complexity index is 591. The molecule has 148 valence electrons. The van der Waals surface area contributed by atoms with Crippen LogP contribution in [0.5, 0.6) is 5.75 Å². The Hall–Kier alpha value is -0.666. The molecule has 1 saturated carbocycles. The lowest BCUT2D eigenvalue weighted by molar-refractivity contribution is -0.292. The molecule has 0 radical (unpaired) electrons. The number of hydrogen-bond donors (Lipinski definition) is 0. The minimum Gasteiger partial charge on any atom is -0.497 e. The smallest absolute Gasteiger partial charge is 0.191 e. The number of benzene rings is 1. The zero-order valence-electron chi connectivity index (χ0n) is 17.8. The highest BCUT2D eigenvalue weighted by Crippen LogP contribution is 2.52. The fourth-order valence-electron chi connectivity index (χ4n) is 4.00. The van der Waals surface area contributed by atoms with Gasteiger partial charge in [0.1, 0.15) is 11.4 Å². The van der Waals surface area contributed by atoms with Gasteiger partial charge in [0.2, 0.25) is 0 Å². The van der Waals surface area contributed by atoms with Crippen LogP contribution in [-0.2, 0) is 19.2 Å². The third-order valence-corrected chi connectivity index (χ3v) is 6.64. The van der Waals surface area contributed by atoms with E-state index >= 15 is 0 Å². The van der Waals surface area contributed by atoms with Crippen LogP contribution in [0.3, 0.4) is 0 Å². The zero-order valence-corrected chi connectivity index (χ0v) is 19.8. The second kappa shape index (κ2) is 7.75. The molecule has 0 aromatic heterocycles. The van der Waals surface area contributed by atoms with Crippen LogP contribution in [0.15, 0.2) is 24.3 Å². The van der Waals surface area contributed by atoms with Crippen molar-refractivity contribution < 1.29 is 18.3 Å². The molecule has 1 aromatic rings. The molecule has 0 heterocycles. The molecule has 2 atom stereocenters. The van der Waals surface area contributed by atoms with Gasteiger partial charge in [-0.05, 0) is 76.2 Å². The summed E-state index contributed by atoms with van der Waals surface area (Å²) in [5.41, 5.74) is 0.539. The van der Waals surface area contributed by atoms with Gasteiger partial charge in [-0.1, -0.05) is 12.1 Å². The number of hydrogen-bond acceptors (Lipinski definition) is 4. The van der Waals surface area contributed by atoms with E-state index in [-0.39, 0.29) is 0 Å². The van der Waals surface area contributed by atoms with Gasteiger partial charge in [-0.3, -0.25) is 0 Å². The summed E-state index contributed by atoms with van der Waals surface area (Å²) in [4.78, 5) is 0. The number of ether oxygens (including phenoxy) is 2. The summed E-state index contributed by atoms with van der Waals surface area (Å²) in [7, 11) is -0.278. The fraction of sp³-hybridized carbons (Fsp3) is 0.700. The standard InChI is InChI=1S/C20H36O4Si2/c1-21-18-13-11-17(12-14-18)19(23-25(3,4)5)15-9-10-16-20(19,22-2)24-26(6,7)8/h11-14H,9-10,15-16H2,1-8H3. The Balaban J connectivity index is 2.64. The van der Waals surface area contributed by atoms with Crippen LogP contribution in [0.4, 0.5) is 0 Å². The van der Waals surface area contributed by atoms with Crippen molar-refractivity contribution >= 4 is 16.6 Å². The highest BCUT2D eigenvalue weighted by Gasteiger charge is 2.59. The maximum atomic E-state index is 6.95. The summed E-state index contributed by atoms with van der Waals surface area (Å²) in [5.74, 6) is 0.103. The molecular formula is C20H36O4Si2. The molecule has 0 aliphatic heterocycles. The van der Waals surface area contributed by atoms with Crippen molar-refractivity contribution in [3.05, 3.63) is 29.8 Å². The molecule has 1 aliphatic carbocycles. The third kappa shape index (κ3) is 4.59. The lowest BCUT2D eigenvalue weighted by Gasteiger charge is -2.56. The van der Waals surface area contributed by atoms with Crippen molar-refractivity contribution in [1.82, 2.24) is 0 Å². The van der Waals surface area contributed by atoms with Gasteiger partial charge in [0.25, 0.3) is 0 Å². The van der Waals surface area contributed by atoms with Gasteiger partial charge < -0.3 is 18.3 Å². The van der Waals surface area contributed by atoms with E-state index < -0.39 is 28.0 Å². The predicted molar refractivity (Wildman–Crippen MR) is 112 cm³/mol. The van der Waals surface area contributed by atoms with Crippen molar-refractivity contribution in [1.29, 1.82) is 0 Å². The summed E-state index contributed by atoms with van der Waals surface area (Å²) in [6.45, 7) is 13.4. The van der Waals surface area contributed by atoms with Crippen LogP contribution >= 0.6 is 0 Å². The molecule has 0 spiro atoms. The topological polar surface area (TPSA) is 36.9 Å². The van der Waals surface area contributed by atoms with Gasteiger partial charge in [0.15, 0.2) is 22.4 Å². The maximum absolute atomic E-state index is 6.95. The van der Waals surface area contributed by atoms with Gasteiger partial charge >= 0.3 is 0 Å². The summed E-state index contributed by atoms with van der Waals surface area (Å²) in [5, 5.41) is 0. The van der Waals surface area contributed by atoms with Gasteiger partial charge in [-0.15, -0.1) is 0 Å². The summed E-state index contributed by atoms with van der Waals surface area (Å²) in [6, 6.07) is 8.25. The lowest BCUT2D eigenvalue weighted by atomic mass is 9.74. The number of methoxy groups -OCH3 is 2. The number of rotatable bonds is 7. The Morgan fingerprint density at radius 2 is 1.31 bits per heavy atom. The predicted octanol–water partition coefficient (Wildman–Crippen LogP) is 5.51. The molecular weight excluding hydrogens is 360 g/mol. The van der Waals surface area contributed by atoms with Crippen LogP contribution < -0.4 is 4.74 Å². The minimum absolute atomic E-state index is 0.586. The Labute approximate surface area is 161 Å². The van der Waals surface area contributed by atoms with Crippen LogP contribution in [0.1, 0.15) is 31.2 Å². The first-order valence-electron chi connectivity index (χ1n) is 9.57. The first kappa shape index (κ1) is 21.6. The zero-order chi connectivity index (χ0) is 19.6. The van der Waals surface area contributed by atoms with Crippen LogP contribution in [0.25, 0.3) is 0 Å². The molecule has 0 N–H and O–H groups in total. The van der Waals surface area contributed by atoms with Crippen LogP contribution in [-0.4, -0.2) is 36.6 Å². The monoisotopic (exact) mass is 396 g/mol. The van der Waals surface area contributed by atoms with Crippen molar-refractivity contribution in [2.24, 2.45) is 0 Å². The molecule has 1 aliphatic rings. The van der Waals surface area contributed by atoms with Crippen molar-refractivity contribution in [3.63, 3.8) is 0 Å². The average molecular weight is 397 g/mol. The van der Waals surface area contributed by atoms with E-state index in [0.717, 1.165) is 37.0 Å². The highest BCUT2D eigenvalue weighted by molar-refractivity contribution is 6.70. The molecule has 1 aromatic carbocycles. The lowest BCUT2D eigenvalue weighted by Crippen LogP contribution is -2.63. The van der Waals surface area contributed by atoms with E-state index in [4.69, 9.17) is 18.3 Å². The second-order valence-corrected chi connectivity index (χ2v) is 18.0. The molecule has 0 bridgehead atoms. The van der Waals surface area contributed by atoms with Gasteiger partial charge in [0, 0.05) is 13.5 Å². The van der Waals surface area contributed by atoms with Crippen LogP contribution in [0.2, 0.25) is 39.3 Å². The molecule has 26 heavy (non-hydrogen) atoms. The Kier molecular flexibility index (Phi) is 6.45. The van der Waals surface area contributed by atoms with Crippen LogP contribution in [0, 0.1) is 0 Å².